The molecule has 0 atom stereocenters. The molecule has 1 aromatic carbocycles. The SMILES string of the molecule is COc1ccc(CN2Cn3ncnc3-c3c2sc2c3CCN(CC(C)(C)C)C2)cc1. The molecule has 6 nitrogen and oxygen atoms in total. The fourth-order valence-electron chi connectivity index (χ4n) is 4.56. The number of aromatic nitrogens is 3. The number of methoxy groups -OCH3 is 1. The molecule has 0 saturated carbocycles. The molecule has 0 spiro atoms. The zero-order chi connectivity index (χ0) is 20.9. The summed E-state index contributed by atoms with van der Waals surface area (Å²) in [6, 6.07) is 8.36. The summed E-state index contributed by atoms with van der Waals surface area (Å²) >= 11 is 1.95. The minimum atomic E-state index is 0.314. The van der Waals surface area contributed by atoms with E-state index in [0.29, 0.717) is 5.41 Å². The molecular formula is C23H29N5OS. The Hall–Kier alpha value is -2.38. The van der Waals surface area contributed by atoms with Gasteiger partial charge in [0, 0.05) is 31.1 Å². The number of hydrogen-bond acceptors (Lipinski definition) is 6. The highest BCUT2D eigenvalue weighted by Crippen LogP contribution is 2.47. The van der Waals surface area contributed by atoms with Gasteiger partial charge in [-0.1, -0.05) is 32.9 Å². The molecule has 3 aromatic rings. The largest absolute Gasteiger partial charge is 0.497 e. The van der Waals surface area contributed by atoms with Crippen molar-refractivity contribution in [3.63, 3.8) is 0 Å². The van der Waals surface area contributed by atoms with Gasteiger partial charge in [0.05, 0.1) is 12.7 Å². The monoisotopic (exact) mass is 423 g/mol. The number of ether oxygens (including phenoxy) is 1. The maximum atomic E-state index is 5.31. The van der Waals surface area contributed by atoms with Crippen LogP contribution in [0.15, 0.2) is 30.6 Å². The molecule has 0 unspecified atom stereocenters. The lowest BCUT2D eigenvalue weighted by Gasteiger charge is -2.33. The Labute approximate surface area is 182 Å². The molecule has 0 amide bonds. The number of thiophene rings is 1. The van der Waals surface area contributed by atoms with E-state index in [9.17, 15) is 0 Å². The first-order chi connectivity index (χ1) is 14.4. The van der Waals surface area contributed by atoms with Gasteiger partial charge >= 0.3 is 0 Å². The fraction of sp³-hybridized carbons (Fsp3) is 0.478. The second-order valence-corrected chi connectivity index (χ2v) is 10.6. The van der Waals surface area contributed by atoms with E-state index < -0.39 is 0 Å². The van der Waals surface area contributed by atoms with Crippen molar-refractivity contribution in [1.82, 2.24) is 19.7 Å². The van der Waals surface area contributed by atoms with Crippen LogP contribution >= 0.6 is 11.3 Å². The highest BCUT2D eigenvalue weighted by molar-refractivity contribution is 7.17. The van der Waals surface area contributed by atoms with Crippen molar-refractivity contribution in [3.05, 3.63) is 46.6 Å². The summed E-state index contributed by atoms with van der Waals surface area (Å²) in [6.45, 7) is 11.8. The third-order valence-corrected chi connectivity index (χ3v) is 7.06. The first-order valence-corrected chi connectivity index (χ1v) is 11.4. The zero-order valence-electron chi connectivity index (χ0n) is 18.2. The minimum Gasteiger partial charge on any atom is -0.497 e. The van der Waals surface area contributed by atoms with Crippen molar-refractivity contribution in [2.75, 3.05) is 25.1 Å². The van der Waals surface area contributed by atoms with Crippen LogP contribution in [0.5, 0.6) is 5.75 Å². The topological polar surface area (TPSA) is 46.4 Å². The molecule has 0 fully saturated rings. The lowest BCUT2D eigenvalue weighted by molar-refractivity contribution is 0.179. The molecule has 30 heavy (non-hydrogen) atoms. The van der Waals surface area contributed by atoms with E-state index in [-0.39, 0.29) is 0 Å². The predicted octanol–water partition coefficient (Wildman–Crippen LogP) is 4.40. The van der Waals surface area contributed by atoms with Crippen LogP contribution in [0.2, 0.25) is 0 Å². The molecule has 0 aliphatic carbocycles. The molecule has 4 heterocycles. The molecule has 2 aromatic heterocycles. The Morgan fingerprint density at radius 2 is 1.97 bits per heavy atom. The van der Waals surface area contributed by atoms with Crippen LogP contribution in [0, 0.1) is 5.41 Å². The van der Waals surface area contributed by atoms with Crippen molar-refractivity contribution >= 4 is 16.3 Å². The fourth-order valence-corrected chi connectivity index (χ4v) is 5.94. The Kier molecular flexibility index (Phi) is 4.82. The molecule has 2 aliphatic rings. The maximum Gasteiger partial charge on any atom is 0.163 e. The van der Waals surface area contributed by atoms with Gasteiger partial charge in [-0.3, -0.25) is 4.90 Å². The van der Waals surface area contributed by atoms with Crippen LogP contribution in [0.3, 0.4) is 0 Å². The lowest BCUT2D eigenvalue weighted by atomic mass is 9.94. The van der Waals surface area contributed by atoms with Gasteiger partial charge in [-0.25, -0.2) is 9.67 Å². The molecule has 0 saturated heterocycles. The predicted molar refractivity (Wildman–Crippen MR) is 121 cm³/mol. The van der Waals surface area contributed by atoms with Crippen LogP contribution < -0.4 is 9.64 Å². The van der Waals surface area contributed by atoms with Gasteiger partial charge in [-0.15, -0.1) is 11.3 Å². The van der Waals surface area contributed by atoms with Gasteiger partial charge in [-0.05, 0) is 35.1 Å². The molecule has 5 rings (SSSR count). The third-order valence-electron chi connectivity index (χ3n) is 5.78. The van der Waals surface area contributed by atoms with Crippen molar-refractivity contribution in [2.24, 2.45) is 5.41 Å². The van der Waals surface area contributed by atoms with Gasteiger partial charge in [0.1, 0.15) is 23.7 Å². The van der Waals surface area contributed by atoms with Crippen LogP contribution in [0.4, 0.5) is 5.00 Å². The molecule has 0 radical (unpaired) electrons. The van der Waals surface area contributed by atoms with Gasteiger partial charge < -0.3 is 9.64 Å². The molecule has 2 aliphatic heterocycles. The Morgan fingerprint density at radius 1 is 1.17 bits per heavy atom. The smallest absolute Gasteiger partial charge is 0.163 e. The average Bonchev–Trinajstić information content (AvgIpc) is 3.31. The third kappa shape index (κ3) is 3.61. The highest BCUT2D eigenvalue weighted by atomic mass is 32.1. The number of nitrogens with zero attached hydrogens (tertiary/aromatic N) is 5. The molecular weight excluding hydrogens is 394 g/mol. The highest BCUT2D eigenvalue weighted by Gasteiger charge is 2.33. The summed E-state index contributed by atoms with van der Waals surface area (Å²) in [5.74, 6) is 1.92. The summed E-state index contributed by atoms with van der Waals surface area (Å²) in [5.41, 5.74) is 4.37. The van der Waals surface area contributed by atoms with Crippen LogP contribution in [-0.4, -0.2) is 39.9 Å². The van der Waals surface area contributed by atoms with Gasteiger partial charge in [0.15, 0.2) is 5.82 Å². The average molecular weight is 424 g/mol. The van der Waals surface area contributed by atoms with Crippen molar-refractivity contribution < 1.29 is 4.74 Å². The summed E-state index contributed by atoms with van der Waals surface area (Å²) in [5, 5.41) is 5.85. The Balaban J connectivity index is 1.48. The summed E-state index contributed by atoms with van der Waals surface area (Å²) in [6.07, 6.45) is 2.77. The summed E-state index contributed by atoms with van der Waals surface area (Å²) in [7, 11) is 1.71. The van der Waals surface area contributed by atoms with Crippen LogP contribution in [0.25, 0.3) is 11.4 Å². The van der Waals surface area contributed by atoms with Gasteiger partial charge in [0.2, 0.25) is 0 Å². The van der Waals surface area contributed by atoms with Crippen LogP contribution in [0.1, 0.15) is 36.8 Å². The number of hydrogen-bond donors (Lipinski definition) is 0. The van der Waals surface area contributed by atoms with Crippen LogP contribution in [-0.2, 0) is 26.2 Å². The second kappa shape index (κ2) is 7.39. The Bertz CT molecular complexity index is 1050. The normalized spacial score (nSPS) is 16.2. The number of anilines is 1. The van der Waals surface area contributed by atoms with Gasteiger partial charge in [0.25, 0.3) is 0 Å². The number of rotatable bonds is 4. The lowest BCUT2D eigenvalue weighted by Crippen LogP contribution is -2.36. The summed E-state index contributed by atoms with van der Waals surface area (Å²) < 4.78 is 7.35. The number of benzene rings is 1. The van der Waals surface area contributed by atoms with E-state index >= 15 is 0 Å². The van der Waals surface area contributed by atoms with E-state index in [1.54, 1.807) is 13.4 Å². The second-order valence-electron chi connectivity index (χ2n) is 9.48. The Morgan fingerprint density at radius 3 is 2.70 bits per heavy atom. The van der Waals surface area contributed by atoms with Crippen molar-refractivity contribution in [1.29, 1.82) is 0 Å². The minimum absolute atomic E-state index is 0.314. The first kappa shape index (κ1) is 19.6. The van der Waals surface area contributed by atoms with E-state index in [2.05, 4.69) is 52.8 Å². The molecule has 158 valence electrons. The van der Waals surface area contributed by atoms with E-state index in [1.807, 2.05) is 28.2 Å². The zero-order valence-corrected chi connectivity index (χ0v) is 19.0. The standard InChI is InChI=1S/C23H29N5OS/c1-23(2,3)13-26-10-9-18-19(12-26)30-22-20(18)21-24-14-25-28(21)15-27(22)11-16-5-7-17(29-4)8-6-16/h5-8,14H,9-13,15H2,1-4H3. The van der Waals surface area contributed by atoms with E-state index in [4.69, 9.17) is 4.74 Å². The van der Waals surface area contributed by atoms with E-state index in [1.165, 1.54) is 26.6 Å². The molecule has 0 bridgehead atoms. The maximum absolute atomic E-state index is 5.31. The van der Waals surface area contributed by atoms with Crippen molar-refractivity contribution in [3.8, 4) is 17.1 Å². The molecule has 7 heteroatoms. The first-order valence-electron chi connectivity index (χ1n) is 10.5. The van der Waals surface area contributed by atoms with Gasteiger partial charge in [-0.2, -0.15) is 5.10 Å². The van der Waals surface area contributed by atoms with Crippen molar-refractivity contribution in [2.45, 2.75) is 47.0 Å². The quantitative estimate of drug-likeness (QED) is 0.623. The van der Waals surface area contributed by atoms with E-state index in [0.717, 1.165) is 50.8 Å². The summed E-state index contributed by atoms with van der Waals surface area (Å²) in [4.78, 5) is 11.2. The number of fused-ring (bicyclic) bond motifs is 5. The molecule has 0 N–H and O–H groups in total.